The average Bonchev–Trinajstić information content (AvgIpc) is 0.810. The Labute approximate surface area is 823 Å². The molecular formula is C108H148Ir4N8O8-4. The van der Waals surface area contributed by atoms with Crippen molar-refractivity contribution in [2.45, 2.75) is 295 Å². The van der Waals surface area contributed by atoms with Crippen LogP contribution < -0.4 is 0 Å². The second kappa shape index (κ2) is 58.2. The second-order valence-electron chi connectivity index (χ2n) is 38.2. The van der Waals surface area contributed by atoms with Crippen molar-refractivity contribution in [1.29, 1.82) is 0 Å². The first kappa shape index (κ1) is 121. The van der Waals surface area contributed by atoms with Crippen LogP contribution in [0.25, 0.3) is 78.8 Å². The van der Waals surface area contributed by atoms with E-state index in [1.165, 1.54) is 44.5 Å². The van der Waals surface area contributed by atoms with Gasteiger partial charge in [0, 0.05) is 98.0 Å². The minimum absolute atomic E-state index is 0. The SMILES string of the molecule is CC(C)(C)C(O)CC(O)C(C)(C)C.CC(C)C(O)CC(O)C(C)C.CC(C)C(O)CC(O)C(C)C.CC(O)CC(C)O.Cc1[c-]c(-c2cc(-c3cc(C)cc(C)c3)ncn2)cc(C)c1.Cc1[c-]c(-c2cc(-c3cc(C)cc(C)c3)ncn2)cc(C)c1.Cc1[c-]c(-c2cc(-c3ccccc3)ncn2)cc(C)c1.Cc1[c-]c(-c2cc(C(C)(C)C)ncn2)cc(C)c1.[Ir].[Ir].[Ir].[Ir]. The van der Waals surface area contributed by atoms with Gasteiger partial charge in [0.15, 0.2) is 0 Å². The van der Waals surface area contributed by atoms with Crippen LogP contribution in [0.5, 0.6) is 0 Å². The van der Waals surface area contributed by atoms with Crippen LogP contribution >= 0.6 is 0 Å². The van der Waals surface area contributed by atoms with E-state index in [2.05, 4.69) is 271 Å². The third-order valence-corrected chi connectivity index (χ3v) is 20.4. The zero-order valence-electron chi connectivity index (χ0n) is 81.8. The van der Waals surface area contributed by atoms with Crippen molar-refractivity contribution in [3.05, 3.63) is 262 Å². The molecule has 0 bridgehead atoms. The molecule has 11 aromatic rings. The predicted molar refractivity (Wildman–Crippen MR) is 513 cm³/mol. The molecule has 7 aromatic carbocycles. The van der Waals surface area contributed by atoms with Crippen LogP contribution in [-0.2, 0) is 85.8 Å². The Morgan fingerprint density at radius 3 is 0.719 bits per heavy atom. The molecule has 16 nitrogen and oxygen atoms in total. The summed E-state index contributed by atoms with van der Waals surface area (Å²) in [5.74, 6) is 0.957. The number of nitrogens with zero attached hydrogens (tertiary/aromatic N) is 8. The Morgan fingerprint density at radius 2 is 0.492 bits per heavy atom. The molecule has 8 N–H and O–H groups in total. The van der Waals surface area contributed by atoms with Crippen molar-refractivity contribution in [3.63, 3.8) is 0 Å². The summed E-state index contributed by atoms with van der Waals surface area (Å²) in [6, 6.07) is 61.6. The van der Waals surface area contributed by atoms with E-state index in [0.29, 0.717) is 25.7 Å². The molecule has 0 amide bonds. The van der Waals surface area contributed by atoms with E-state index in [4.69, 9.17) is 10.2 Å². The standard InChI is InChI=1S/2C20H19N2.C18H15N2.C16H19N2.C11H24O2.2C9H20O2.C5H12O2.4Ir/c2*1-13-5-14(2)8-17(7-13)19-11-20(22-12-21-19)18-9-15(3)6-16(4)10-18;1-13-8-14(2)10-16(9-13)18-11-17(19-12-20-18)15-6-4-3-5-7-15;1-11-6-12(2)8-13(7-11)14-9-15(16(3,4)5)18-10-17-14;1-10(2,3)8(12)7-9(13)11(4,5)6;2*1-6(2)8(10)5-9(11)7(3)4;1-4(6)3-5(2)7;;;;/h2*5-9,11-12H,1-4H3;3-9,11-12H,1-2H3;6-7,9-10H,1-5H3;8-9,12-13H,7H2,1-6H3;2*6-11H,5H2,1-4H3;4-7H,3H2,1-2H3;;;;/q4*-1;;;;;;;;. The summed E-state index contributed by atoms with van der Waals surface area (Å²) in [6.07, 6.45) is 5.33. The van der Waals surface area contributed by atoms with Crippen molar-refractivity contribution in [3.8, 4) is 78.8 Å². The van der Waals surface area contributed by atoms with Crippen LogP contribution in [0.3, 0.4) is 0 Å². The molecule has 0 spiro atoms. The molecule has 708 valence electrons. The predicted octanol–water partition coefficient (Wildman–Crippen LogP) is 22.9. The summed E-state index contributed by atoms with van der Waals surface area (Å²) in [5.41, 5.74) is 29.1. The molecule has 0 aliphatic carbocycles. The fourth-order valence-corrected chi connectivity index (χ4v) is 12.9. The number of benzene rings is 7. The van der Waals surface area contributed by atoms with Crippen LogP contribution in [0.4, 0.5) is 0 Å². The van der Waals surface area contributed by atoms with E-state index in [-0.39, 0.29) is 157 Å². The number of aromatic nitrogens is 8. The van der Waals surface area contributed by atoms with Crippen molar-refractivity contribution < 1.29 is 121 Å². The molecule has 4 aromatic heterocycles. The Kier molecular flexibility index (Phi) is 55.1. The van der Waals surface area contributed by atoms with Crippen molar-refractivity contribution in [2.24, 2.45) is 34.5 Å². The van der Waals surface area contributed by atoms with Crippen LogP contribution in [0, 0.1) is 142 Å². The molecule has 4 radical (unpaired) electrons. The van der Waals surface area contributed by atoms with Gasteiger partial charge < -0.3 is 40.9 Å². The first-order valence-corrected chi connectivity index (χ1v) is 43.7. The number of hydrogen-bond donors (Lipinski definition) is 8. The maximum Gasteiger partial charge on any atom is 0.106 e. The number of aliphatic hydroxyl groups is 8. The first-order chi connectivity index (χ1) is 57.7. The van der Waals surface area contributed by atoms with Gasteiger partial charge in [-0.3, -0.25) is 19.9 Å². The first-order valence-electron chi connectivity index (χ1n) is 43.7. The molecule has 8 unspecified atom stereocenters. The second-order valence-corrected chi connectivity index (χ2v) is 38.2. The van der Waals surface area contributed by atoms with E-state index in [9.17, 15) is 30.6 Å². The summed E-state index contributed by atoms with van der Waals surface area (Å²) in [6.45, 7) is 62.3. The molecule has 20 heteroatoms. The third kappa shape index (κ3) is 45.5. The molecular weight excluding hydrogens is 2310 g/mol. The normalized spacial score (nSPS) is 12.9. The molecule has 0 saturated heterocycles. The van der Waals surface area contributed by atoms with Crippen LogP contribution in [0.2, 0.25) is 0 Å². The van der Waals surface area contributed by atoms with Gasteiger partial charge in [0.1, 0.15) is 25.3 Å². The number of rotatable bonds is 19. The number of aryl methyl sites for hydroxylation is 12. The molecule has 0 saturated carbocycles. The monoisotopic (exact) mass is 2460 g/mol. The molecule has 0 aliphatic rings. The van der Waals surface area contributed by atoms with Gasteiger partial charge in [-0.05, 0) is 159 Å². The van der Waals surface area contributed by atoms with Crippen LogP contribution in [-0.4, -0.2) is 130 Å². The maximum absolute atomic E-state index is 9.76. The van der Waals surface area contributed by atoms with Gasteiger partial charge in [0.25, 0.3) is 0 Å². The van der Waals surface area contributed by atoms with E-state index in [0.717, 1.165) is 107 Å². The van der Waals surface area contributed by atoms with E-state index in [1.54, 1.807) is 39.2 Å². The smallest absolute Gasteiger partial charge is 0.106 e. The van der Waals surface area contributed by atoms with Gasteiger partial charge in [-0.15, -0.1) is 140 Å². The Bertz CT molecular complexity index is 4570. The zero-order valence-corrected chi connectivity index (χ0v) is 91.4. The maximum atomic E-state index is 9.76. The Balaban J connectivity index is 0.00000147. The van der Waals surface area contributed by atoms with Gasteiger partial charge in [-0.25, -0.2) is 19.9 Å². The topological polar surface area (TPSA) is 265 Å². The summed E-state index contributed by atoms with van der Waals surface area (Å²) in [7, 11) is 0. The van der Waals surface area contributed by atoms with E-state index in [1.807, 2.05) is 133 Å². The number of aliphatic hydroxyl groups excluding tert-OH is 8. The van der Waals surface area contributed by atoms with Crippen molar-refractivity contribution in [1.82, 2.24) is 39.9 Å². The molecule has 128 heavy (non-hydrogen) atoms. The molecule has 11 rings (SSSR count). The van der Waals surface area contributed by atoms with Gasteiger partial charge >= 0.3 is 0 Å². The quantitative estimate of drug-likeness (QED) is 0.0350. The van der Waals surface area contributed by atoms with Crippen molar-refractivity contribution in [2.75, 3.05) is 0 Å². The van der Waals surface area contributed by atoms with Gasteiger partial charge in [-0.1, -0.05) is 262 Å². The minimum atomic E-state index is -0.443. The minimum Gasteiger partial charge on any atom is -0.393 e. The summed E-state index contributed by atoms with van der Waals surface area (Å²) < 4.78 is 0. The molecule has 0 fully saturated rings. The van der Waals surface area contributed by atoms with E-state index < -0.39 is 12.2 Å². The van der Waals surface area contributed by atoms with E-state index >= 15 is 0 Å². The fourth-order valence-electron chi connectivity index (χ4n) is 12.9. The summed E-state index contributed by atoms with van der Waals surface area (Å²) >= 11 is 0. The molecule has 4 heterocycles. The van der Waals surface area contributed by atoms with Crippen LogP contribution in [0.1, 0.15) is 230 Å². The fraction of sp³-hybridized carbons (Fsp3) is 0.463. The van der Waals surface area contributed by atoms with Gasteiger partial charge in [-0.2, -0.15) is 0 Å². The van der Waals surface area contributed by atoms with Gasteiger partial charge in [0.2, 0.25) is 0 Å². The largest absolute Gasteiger partial charge is 0.393 e. The third-order valence-electron chi connectivity index (χ3n) is 20.4. The van der Waals surface area contributed by atoms with Gasteiger partial charge in [0.05, 0.1) is 65.9 Å². The summed E-state index contributed by atoms with van der Waals surface area (Å²) in [4.78, 5) is 35.2. The summed E-state index contributed by atoms with van der Waals surface area (Å²) in [5, 5.41) is 74.2. The molecule has 0 aliphatic heterocycles. The molecule has 8 atom stereocenters. The average molecular weight is 2460 g/mol. The van der Waals surface area contributed by atoms with Crippen molar-refractivity contribution >= 4 is 0 Å². The number of hydrogen-bond acceptors (Lipinski definition) is 16. The Hall–Kier alpha value is -6.86. The van der Waals surface area contributed by atoms with Crippen LogP contribution in [0.15, 0.2) is 165 Å². The Morgan fingerprint density at radius 1 is 0.258 bits per heavy atom. The zero-order chi connectivity index (χ0) is 93.4.